The number of ether oxygens (including phenoxy) is 1. The van der Waals surface area contributed by atoms with E-state index in [-0.39, 0.29) is 29.4 Å². The first kappa shape index (κ1) is 23.9. The van der Waals surface area contributed by atoms with Crippen LogP contribution in [0.5, 0.6) is 5.75 Å². The number of halogens is 4. The standard InChI is InChI=1S/C23H17ClF3NO5S/c1-2-32-22(29)20-17-12-19(33-34(30,31)23(25,26)27)15-8-3-4-9-16(15)21(17)28-18(20)11-13-6-5-7-14(24)10-13/h3-10,12,28H,2,11H2,1H3. The highest BCUT2D eigenvalue weighted by atomic mass is 35.5. The summed E-state index contributed by atoms with van der Waals surface area (Å²) in [5.41, 5.74) is -3.94. The maximum atomic E-state index is 13.0. The van der Waals surface area contributed by atoms with E-state index < -0.39 is 27.3 Å². The molecule has 4 aromatic rings. The van der Waals surface area contributed by atoms with Gasteiger partial charge < -0.3 is 13.9 Å². The van der Waals surface area contributed by atoms with Crippen LogP contribution >= 0.6 is 11.6 Å². The third-order valence-electron chi connectivity index (χ3n) is 5.09. The van der Waals surface area contributed by atoms with Crippen LogP contribution < -0.4 is 4.18 Å². The Morgan fingerprint density at radius 3 is 2.38 bits per heavy atom. The predicted molar refractivity (Wildman–Crippen MR) is 122 cm³/mol. The molecule has 0 bridgehead atoms. The van der Waals surface area contributed by atoms with Crippen molar-refractivity contribution in [2.75, 3.05) is 6.61 Å². The second kappa shape index (κ2) is 8.84. The summed E-state index contributed by atoms with van der Waals surface area (Å²) in [6, 6.07) is 14.2. The number of nitrogens with one attached hydrogen (secondary N) is 1. The Balaban J connectivity index is 1.99. The quantitative estimate of drug-likeness (QED) is 0.196. The number of fused-ring (bicyclic) bond motifs is 3. The fourth-order valence-corrected chi connectivity index (χ4v) is 4.39. The molecule has 34 heavy (non-hydrogen) atoms. The van der Waals surface area contributed by atoms with E-state index in [4.69, 9.17) is 16.3 Å². The molecule has 0 aliphatic carbocycles. The Hall–Kier alpha value is -3.24. The van der Waals surface area contributed by atoms with Gasteiger partial charge in [-0.15, -0.1) is 0 Å². The minimum atomic E-state index is -5.94. The second-order valence-electron chi connectivity index (χ2n) is 7.33. The minimum absolute atomic E-state index is 0.0570. The van der Waals surface area contributed by atoms with Crippen molar-refractivity contribution in [1.29, 1.82) is 0 Å². The van der Waals surface area contributed by atoms with Crippen LogP contribution in [0.4, 0.5) is 13.2 Å². The van der Waals surface area contributed by atoms with Crippen LogP contribution in [0.25, 0.3) is 21.7 Å². The molecule has 0 saturated heterocycles. The number of aromatic amines is 1. The SMILES string of the molecule is CCOC(=O)c1c(Cc2cccc(Cl)c2)[nH]c2c1cc(OS(=O)(=O)C(F)(F)F)c1ccccc12. The van der Waals surface area contributed by atoms with Gasteiger partial charge in [0.05, 0.1) is 17.7 Å². The normalized spacial score (nSPS) is 12.3. The molecule has 4 rings (SSSR count). The van der Waals surface area contributed by atoms with Gasteiger partial charge in [0.15, 0.2) is 5.75 Å². The lowest BCUT2D eigenvalue weighted by molar-refractivity contribution is -0.0499. The topological polar surface area (TPSA) is 85.5 Å². The first-order valence-corrected chi connectivity index (χ1v) is 11.8. The molecule has 1 heterocycles. The summed E-state index contributed by atoms with van der Waals surface area (Å²) in [6.45, 7) is 1.67. The zero-order valence-corrected chi connectivity index (χ0v) is 19.1. The van der Waals surface area contributed by atoms with Crippen LogP contribution in [-0.4, -0.2) is 31.5 Å². The fourth-order valence-electron chi connectivity index (χ4n) is 3.70. The molecule has 0 saturated carbocycles. The minimum Gasteiger partial charge on any atom is -0.462 e. The summed E-state index contributed by atoms with van der Waals surface area (Å²) in [5, 5.41) is 1.15. The largest absolute Gasteiger partial charge is 0.534 e. The van der Waals surface area contributed by atoms with Crippen LogP contribution in [0.15, 0.2) is 54.6 Å². The molecule has 0 aliphatic rings. The van der Waals surface area contributed by atoms with Crippen LogP contribution in [0, 0.1) is 0 Å². The fraction of sp³-hybridized carbons (Fsp3) is 0.174. The third-order valence-corrected chi connectivity index (χ3v) is 6.29. The smallest absolute Gasteiger partial charge is 0.462 e. The van der Waals surface area contributed by atoms with E-state index in [9.17, 15) is 26.4 Å². The van der Waals surface area contributed by atoms with Gasteiger partial charge in [0, 0.05) is 33.3 Å². The summed E-state index contributed by atoms with van der Waals surface area (Å²) >= 11 is 6.07. The van der Waals surface area contributed by atoms with Crippen LogP contribution in [0.2, 0.25) is 5.02 Å². The number of hydrogen-bond acceptors (Lipinski definition) is 5. The number of rotatable bonds is 6. The molecule has 0 amide bonds. The predicted octanol–water partition coefficient (Wildman–Crippen LogP) is 5.97. The van der Waals surface area contributed by atoms with Gasteiger partial charge >= 0.3 is 21.6 Å². The van der Waals surface area contributed by atoms with E-state index in [0.29, 0.717) is 21.6 Å². The number of alkyl halides is 3. The van der Waals surface area contributed by atoms with E-state index in [2.05, 4.69) is 9.17 Å². The Labute approximate surface area is 197 Å². The number of H-pyrrole nitrogens is 1. The number of aromatic nitrogens is 1. The van der Waals surface area contributed by atoms with Crippen molar-refractivity contribution >= 4 is 49.4 Å². The van der Waals surface area contributed by atoms with Gasteiger partial charge in [0.1, 0.15) is 0 Å². The van der Waals surface area contributed by atoms with E-state index in [0.717, 1.165) is 11.6 Å². The van der Waals surface area contributed by atoms with Gasteiger partial charge in [-0.1, -0.05) is 48.0 Å². The maximum Gasteiger partial charge on any atom is 0.534 e. The first-order chi connectivity index (χ1) is 16.0. The zero-order chi connectivity index (χ0) is 24.7. The average molecular weight is 512 g/mol. The number of carbonyl (C=O) groups is 1. The molecule has 1 N–H and O–H groups in total. The van der Waals surface area contributed by atoms with Gasteiger partial charge in [-0.05, 0) is 30.7 Å². The molecule has 178 valence electrons. The number of hydrogen-bond donors (Lipinski definition) is 1. The molecule has 6 nitrogen and oxygen atoms in total. The Bertz CT molecular complexity index is 1510. The lowest BCUT2D eigenvalue weighted by atomic mass is 10.0. The number of esters is 1. The van der Waals surface area contributed by atoms with Crippen molar-refractivity contribution < 1.29 is 35.3 Å². The molecule has 3 aromatic carbocycles. The molecule has 0 radical (unpaired) electrons. The summed E-state index contributed by atoms with van der Waals surface area (Å²) in [6.07, 6.45) is 0.231. The first-order valence-electron chi connectivity index (χ1n) is 10.0. The van der Waals surface area contributed by atoms with Crippen molar-refractivity contribution in [2.45, 2.75) is 18.9 Å². The van der Waals surface area contributed by atoms with Crippen molar-refractivity contribution in [3.05, 3.63) is 76.4 Å². The lowest BCUT2D eigenvalue weighted by Crippen LogP contribution is -2.28. The van der Waals surface area contributed by atoms with Crippen molar-refractivity contribution in [2.24, 2.45) is 0 Å². The molecule has 0 aliphatic heterocycles. The van der Waals surface area contributed by atoms with E-state index in [1.165, 1.54) is 12.1 Å². The van der Waals surface area contributed by atoms with E-state index >= 15 is 0 Å². The number of carbonyl (C=O) groups excluding carboxylic acids is 1. The summed E-state index contributed by atoms with van der Waals surface area (Å²) in [7, 11) is -5.94. The summed E-state index contributed by atoms with van der Waals surface area (Å²) in [5.74, 6) is -1.27. The van der Waals surface area contributed by atoms with Gasteiger partial charge in [0.25, 0.3) is 0 Å². The monoisotopic (exact) mass is 511 g/mol. The highest BCUT2D eigenvalue weighted by molar-refractivity contribution is 7.88. The van der Waals surface area contributed by atoms with Crippen molar-refractivity contribution in [3.8, 4) is 5.75 Å². The van der Waals surface area contributed by atoms with Crippen molar-refractivity contribution in [1.82, 2.24) is 4.98 Å². The molecule has 0 spiro atoms. The van der Waals surface area contributed by atoms with Gasteiger partial charge in [0.2, 0.25) is 0 Å². The molecule has 11 heteroatoms. The third kappa shape index (κ3) is 4.43. The molecule has 0 unspecified atom stereocenters. The Morgan fingerprint density at radius 2 is 1.74 bits per heavy atom. The molecular formula is C23H17ClF3NO5S. The van der Waals surface area contributed by atoms with Crippen LogP contribution in [-0.2, 0) is 21.3 Å². The van der Waals surface area contributed by atoms with Gasteiger partial charge in [-0.25, -0.2) is 4.79 Å². The Kier molecular flexibility index (Phi) is 6.22. The molecule has 1 aromatic heterocycles. The highest BCUT2D eigenvalue weighted by Crippen LogP contribution is 2.39. The average Bonchev–Trinajstić information content (AvgIpc) is 3.11. The van der Waals surface area contributed by atoms with E-state index in [1.54, 1.807) is 43.3 Å². The van der Waals surface area contributed by atoms with Crippen LogP contribution in [0.3, 0.4) is 0 Å². The summed E-state index contributed by atoms with van der Waals surface area (Å²) < 4.78 is 72.2. The zero-order valence-electron chi connectivity index (χ0n) is 17.6. The molecule has 0 fully saturated rings. The maximum absolute atomic E-state index is 13.0. The highest BCUT2D eigenvalue weighted by Gasteiger charge is 2.48. The number of benzene rings is 3. The van der Waals surface area contributed by atoms with Gasteiger partial charge in [-0.2, -0.15) is 21.6 Å². The lowest BCUT2D eigenvalue weighted by Gasteiger charge is -2.12. The summed E-state index contributed by atoms with van der Waals surface area (Å²) in [4.78, 5) is 16.0. The van der Waals surface area contributed by atoms with Gasteiger partial charge in [-0.3, -0.25) is 0 Å². The molecule has 0 atom stereocenters. The van der Waals surface area contributed by atoms with E-state index in [1.807, 2.05) is 0 Å². The second-order valence-corrected chi connectivity index (χ2v) is 9.31. The van der Waals surface area contributed by atoms with Crippen molar-refractivity contribution in [3.63, 3.8) is 0 Å². The molecular weight excluding hydrogens is 495 g/mol. The Morgan fingerprint density at radius 1 is 1.03 bits per heavy atom. The van der Waals surface area contributed by atoms with Crippen LogP contribution in [0.1, 0.15) is 28.5 Å².